The van der Waals surface area contributed by atoms with E-state index < -0.39 is 5.92 Å². The predicted octanol–water partition coefficient (Wildman–Crippen LogP) is 2.49. The van der Waals surface area contributed by atoms with Gasteiger partial charge in [0.05, 0.1) is 12.5 Å². The Labute approximate surface area is 186 Å². The van der Waals surface area contributed by atoms with Gasteiger partial charge in [-0.25, -0.2) is 0 Å². The van der Waals surface area contributed by atoms with Gasteiger partial charge < -0.3 is 25.0 Å². The maximum atomic E-state index is 12.6. The lowest BCUT2D eigenvalue weighted by molar-refractivity contribution is -0.127. The molecule has 2 heterocycles. The number of ether oxygens (including phenoxy) is 2. The highest BCUT2D eigenvalue weighted by Crippen LogP contribution is 2.36. The first-order chi connectivity index (χ1) is 15.3. The first-order valence-electron chi connectivity index (χ1n) is 10.7. The number of nitrogens with zero attached hydrogens (tertiary/aromatic N) is 1. The number of aryl methyl sites for hydroxylation is 3. The van der Waals surface area contributed by atoms with Crippen molar-refractivity contribution in [2.75, 3.05) is 36.5 Å². The number of nitrogens with one attached hydrogen (secondary N) is 2. The van der Waals surface area contributed by atoms with E-state index in [0.29, 0.717) is 30.4 Å². The average Bonchev–Trinajstić information content (AvgIpc) is 3.16. The fourth-order valence-corrected chi connectivity index (χ4v) is 4.21. The van der Waals surface area contributed by atoms with Crippen LogP contribution in [0.15, 0.2) is 30.3 Å². The number of hydrogen-bond donors (Lipinski definition) is 2. The van der Waals surface area contributed by atoms with Gasteiger partial charge in [-0.1, -0.05) is 17.7 Å². The second kappa shape index (κ2) is 8.90. The molecule has 1 atom stereocenters. The lowest BCUT2D eigenvalue weighted by Gasteiger charge is -2.22. The molecule has 2 aliphatic rings. The van der Waals surface area contributed by atoms with Gasteiger partial charge in [-0.3, -0.25) is 14.4 Å². The number of carbonyl (C=O) groups excluding carboxylic acids is 3. The molecule has 4 rings (SSSR count). The highest BCUT2D eigenvalue weighted by atomic mass is 16.6. The van der Waals surface area contributed by atoms with Gasteiger partial charge in [-0.15, -0.1) is 0 Å². The third-order valence-corrected chi connectivity index (χ3v) is 5.70. The normalized spacial score (nSPS) is 17.3. The fraction of sp³-hybridized carbons (Fsp3) is 0.375. The fourth-order valence-electron chi connectivity index (χ4n) is 4.21. The molecule has 1 fully saturated rings. The van der Waals surface area contributed by atoms with Gasteiger partial charge in [0.15, 0.2) is 11.5 Å². The average molecular weight is 437 g/mol. The molecular formula is C24H27N3O5. The number of benzene rings is 2. The summed E-state index contributed by atoms with van der Waals surface area (Å²) in [6.07, 6.45) is 0.0953. The number of hydrogen-bond acceptors (Lipinski definition) is 5. The van der Waals surface area contributed by atoms with Gasteiger partial charge in [0.1, 0.15) is 13.2 Å². The molecule has 1 unspecified atom stereocenters. The Morgan fingerprint density at radius 3 is 2.44 bits per heavy atom. The zero-order valence-electron chi connectivity index (χ0n) is 18.5. The van der Waals surface area contributed by atoms with Crippen LogP contribution in [0.5, 0.6) is 11.5 Å². The minimum atomic E-state index is -0.522. The summed E-state index contributed by atoms with van der Waals surface area (Å²) < 4.78 is 11.1. The molecule has 0 aromatic heterocycles. The standard InChI is InChI=1S/C24H27N3O5/c1-14-8-15(2)23(16(3)9-14)26-21(28)12-25-24(30)17-10-22(29)27(13-17)18-4-5-19-20(11-18)32-7-6-31-19/h4-5,8-9,11,17H,6-7,10,12-13H2,1-3H3,(H,25,30)(H,26,28). The molecule has 0 radical (unpaired) electrons. The van der Waals surface area contributed by atoms with Crippen molar-refractivity contribution in [2.45, 2.75) is 27.2 Å². The first-order valence-corrected chi connectivity index (χ1v) is 10.7. The highest BCUT2D eigenvalue weighted by Gasteiger charge is 2.35. The van der Waals surface area contributed by atoms with Crippen LogP contribution >= 0.6 is 0 Å². The number of amides is 3. The third kappa shape index (κ3) is 4.54. The summed E-state index contributed by atoms with van der Waals surface area (Å²) in [6.45, 7) is 6.92. The zero-order valence-corrected chi connectivity index (χ0v) is 18.5. The van der Waals surface area contributed by atoms with E-state index in [4.69, 9.17) is 9.47 Å². The van der Waals surface area contributed by atoms with Crippen molar-refractivity contribution in [1.82, 2.24) is 5.32 Å². The highest BCUT2D eigenvalue weighted by molar-refractivity contribution is 6.01. The van der Waals surface area contributed by atoms with E-state index in [2.05, 4.69) is 10.6 Å². The van der Waals surface area contributed by atoms with Crippen molar-refractivity contribution in [3.8, 4) is 11.5 Å². The molecule has 8 heteroatoms. The van der Waals surface area contributed by atoms with Crippen LogP contribution in [0.3, 0.4) is 0 Å². The molecule has 32 heavy (non-hydrogen) atoms. The summed E-state index contributed by atoms with van der Waals surface area (Å²) in [6, 6.07) is 9.30. The SMILES string of the molecule is Cc1cc(C)c(NC(=O)CNC(=O)C2CC(=O)N(c3ccc4c(c3)OCCO4)C2)c(C)c1. The topological polar surface area (TPSA) is 97.0 Å². The monoisotopic (exact) mass is 437 g/mol. The van der Waals surface area contributed by atoms with Gasteiger partial charge in [0.25, 0.3) is 0 Å². The van der Waals surface area contributed by atoms with Gasteiger partial charge in [0, 0.05) is 30.4 Å². The molecule has 1 saturated heterocycles. The largest absolute Gasteiger partial charge is 0.486 e. The molecular weight excluding hydrogens is 410 g/mol. The van der Waals surface area contributed by atoms with Crippen LogP contribution in [0.2, 0.25) is 0 Å². The molecule has 8 nitrogen and oxygen atoms in total. The minimum absolute atomic E-state index is 0.0953. The maximum absolute atomic E-state index is 12.6. The lowest BCUT2D eigenvalue weighted by Crippen LogP contribution is -2.38. The van der Waals surface area contributed by atoms with E-state index in [9.17, 15) is 14.4 Å². The zero-order chi connectivity index (χ0) is 22.8. The Morgan fingerprint density at radius 1 is 1.03 bits per heavy atom. The number of fused-ring (bicyclic) bond motifs is 1. The van der Waals surface area contributed by atoms with Gasteiger partial charge in [-0.05, 0) is 44.0 Å². The van der Waals surface area contributed by atoms with Gasteiger partial charge in [0.2, 0.25) is 17.7 Å². The van der Waals surface area contributed by atoms with Crippen LogP contribution in [-0.4, -0.2) is 44.0 Å². The lowest BCUT2D eigenvalue weighted by atomic mass is 10.1. The molecule has 2 aliphatic heterocycles. The van der Waals surface area contributed by atoms with Crippen LogP contribution in [0.4, 0.5) is 11.4 Å². The molecule has 168 valence electrons. The number of rotatable bonds is 5. The molecule has 2 aromatic carbocycles. The third-order valence-electron chi connectivity index (χ3n) is 5.70. The summed E-state index contributed by atoms with van der Waals surface area (Å²) in [5.41, 5.74) is 4.49. The molecule has 3 amide bonds. The molecule has 0 saturated carbocycles. The van der Waals surface area contributed by atoms with Gasteiger partial charge in [-0.2, -0.15) is 0 Å². The van der Waals surface area contributed by atoms with Crippen LogP contribution in [0.25, 0.3) is 0 Å². The Morgan fingerprint density at radius 2 is 1.72 bits per heavy atom. The van der Waals surface area contributed by atoms with E-state index >= 15 is 0 Å². The van der Waals surface area contributed by atoms with E-state index in [0.717, 1.165) is 22.4 Å². The smallest absolute Gasteiger partial charge is 0.243 e. The summed E-state index contributed by atoms with van der Waals surface area (Å²) >= 11 is 0. The maximum Gasteiger partial charge on any atom is 0.243 e. The van der Waals surface area contributed by atoms with E-state index in [1.165, 1.54) is 0 Å². The Kier molecular flexibility index (Phi) is 6.03. The Hall–Kier alpha value is -3.55. The molecule has 2 aromatic rings. The number of carbonyl (C=O) groups is 3. The summed E-state index contributed by atoms with van der Waals surface area (Å²) in [5.74, 6) is -0.0466. The van der Waals surface area contributed by atoms with E-state index in [1.54, 1.807) is 23.1 Å². The molecule has 0 aliphatic carbocycles. The minimum Gasteiger partial charge on any atom is -0.486 e. The predicted molar refractivity (Wildman–Crippen MR) is 120 cm³/mol. The quantitative estimate of drug-likeness (QED) is 0.749. The van der Waals surface area contributed by atoms with E-state index in [-0.39, 0.29) is 37.2 Å². The van der Waals surface area contributed by atoms with Gasteiger partial charge >= 0.3 is 0 Å². The van der Waals surface area contributed by atoms with Crippen molar-refractivity contribution in [1.29, 1.82) is 0 Å². The van der Waals surface area contributed by atoms with Crippen LogP contribution in [0, 0.1) is 26.7 Å². The summed E-state index contributed by atoms with van der Waals surface area (Å²) in [7, 11) is 0. The number of anilines is 2. The van der Waals surface area contributed by atoms with Crippen molar-refractivity contribution in [2.24, 2.45) is 5.92 Å². The van der Waals surface area contributed by atoms with Crippen molar-refractivity contribution in [3.05, 3.63) is 47.0 Å². The van der Waals surface area contributed by atoms with Crippen LogP contribution in [0.1, 0.15) is 23.1 Å². The molecule has 2 N–H and O–H groups in total. The second-order valence-electron chi connectivity index (χ2n) is 8.27. The van der Waals surface area contributed by atoms with Crippen LogP contribution in [-0.2, 0) is 14.4 Å². The summed E-state index contributed by atoms with van der Waals surface area (Å²) in [4.78, 5) is 39.1. The first kappa shape index (κ1) is 21.7. The molecule has 0 spiro atoms. The second-order valence-corrected chi connectivity index (χ2v) is 8.27. The van der Waals surface area contributed by atoms with Crippen molar-refractivity contribution < 1.29 is 23.9 Å². The van der Waals surface area contributed by atoms with E-state index in [1.807, 2.05) is 32.9 Å². The Balaban J connectivity index is 1.34. The van der Waals surface area contributed by atoms with Crippen molar-refractivity contribution in [3.63, 3.8) is 0 Å². The summed E-state index contributed by atoms with van der Waals surface area (Å²) in [5, 5.41) is 5.53. The molecule has 0 bridgehead atoms. The Bertz CT molecular complexity index is 1060. The van der Waals surface area contributed by atoms with Crippen molar-refractivity contribution >= 4 is 29.1 Å². The van der Waals surface area contributed by atoms with Crippen LogP contribution < -0.4 is 25.0 Å².